The van der Waals surface area contributed by atoms with Crippen LogP contribution in [0.1, 0.15) is 46.8 Å². The Morgan fingerprint density at radius 2 is 2.24 bits per heavy atom. The van der Waals surface area contributed by atoms with E-state index in [1.165, 1.54) is 42.9 Å². The van der Waals surface area contributed by atoms with Crippen molar-refractivity contribution in [1.29, 1.82) is 0 Å². The first-order valence-corrected chi connectivity index (χ1v) is 7.74. The molecule has 0 bridgehead atoms. The van der Waals surface area contributed by atoms with E-state index in [1.54, 1.807) is 0 Å². The summed E-state index contributed by atoms with van der Waals surface area (Å²) in [5.74, 6) is 0.330. The van der Waals surface area contributed by atoms with E-state index in [-0.39, 0.29) is 5.97 Å². The largest absolute Gasteiger partial charge is 0.464 e. The highest BCUT2D eigenvalue weighted by Crippen LogP contribution is 2.40. The molecule has 1 saturated heterocycles. The molecule has 1 aliphatic carbocycles. The SMILES string of the molecule is COC(=O)c1cc2c3c(ccc2[nH]1)[C@@H]1CCCN[C@H]1CC3. The van der Waals surface area contributed by atoms with Gasteiger partial charge in [-0.3, -0.25) is 0 Å². The molecule has 2 N–H and O–H groups in total. The molecule has 110 valence electrons. The van der Waals surface area contributed by atoms with Gasteiger partial charge in [0.15, 0.2) is 0 Å². The topological polar surface area (TPSA) is 54.1 Å². The van der Waals surface area contributed by atoms with E-state index in [4.69, 9.17) is 4.74 Å². The number of hydrogen-bond acceptors (Lipinski definition) is 3. The normalized spacial score (nSPS) is 24.4. The number of carbonyl (C=O) groups is 1. The molecule has 21 heavy (non-hydrogen) atoms. The van der Waals surface area contributed by atoms with E-state index in [0.29, 0.717) is 17.7 Å². The van der Waals surface area contributed by atoms with Gasteiger partial charge in [-0.1, -0.05) is 6.07 Å². The summed E-state index contributed by atoms with van der Waals surface area (Å²) in [5, 5.41) is 4.85. The van der Waals surface area contributed by atoms with Gasteiger partial charge in [-0.05, 0) is 61.4 Å². The number of nitrogens with one attached hydrogen (secondary N) is 2. The van der Waals surface area contributed by atoms with Crippen LogP contribution in [0.2, 0.25) is 0 Å². The monoisotopic (exact) mass is 284 g/mol. The fraction of sp³-hybridized carbons (Fsp3) is 0.471. The summed E-state index contributed by atoms with van der Waals surface area (Å²) in [6.45, 7) is 1.15. The lowest BCUT2D eigenvalue weighted by molar-refractivity contribution is 0.0595. The fourth-order valence-corrected chi connectivity index (χ4v) is 4.06. The Balaban J connectivity index is 1.83. The molecule has 1 aromatic carbocycles. The lowest BCUT2D eigenvalue weighted by Crippen LogP contribution is -2.42. The van der Waals surface area contributed by atoms with Gasteiger partial charge in [-0.15, -0.1) is 0 Å². The van der Waals surface area contributed by atoms with Crippen molar-refractivity contribution in [3.05, 3.63) is 35.0 Å². The Hall–Kier alpha value is -1.81. The number of aryl methyl sites for hydroxylation is 1. The third-order valence-electron chi connectivity index (χ3n) is 5.05. The lowest BCUT2D eigenvalue weighted by Gasteiger charge is -2.38. The zero-order valence-electron chi connectivity index (χ0n) is 12.2. The van der Waals surface area contributed by atoms with Crippen LogP contribution in [0.4, 0.5) is 0 Å². The highest BCUT2D eigenvalue weighted by Gasteiger charge is 2.32. The van der Waals surface area contributed by atoms with Crippen molar-refractivity contribution in [3.63, 3.8) is 0 Å². The second-order valence-electron chi connectivity index (χ2n) is 6.12. The van der Waals surface area contributed by atoms with Crippen molar-refractivity contribution in [2.24, 2.45) is 0 Å². The summed E-state index contributed by atoms with van der Waals surface area (Å²) in [5.41, 5.74) is 4.48. The van der Waals surface area contributed by atoms with Crippen LogP contribution in [0, 0.1) is 0 Å². The summed E-state index contributed by atoms with van der Waals surface area (Å²) in [6, 6.07) is 6.94. The maximum Gasteiger partial charge on any atom is 0.354 e. The van der Waals surface area contributed by atoms with E-state index in [0.717, 1.165) is 18.5 Å². The Morgan fingerprint density at radius 3 is 3.10 bits per heavy atom. The van der Waals surface area contributed by atoms with Gasteiger partial charge < -0.3 is 15.0 Å². The smallest absolute Gasteiger partial charge is 0.354 e. The molecule has 4 nitrogen and oxygen atoms in total. The molecule has 0 radical (unpaired) electrons. The van der Waals surface area contributed by atoms with Crippen LogP contribution in [0.15, 0.2) is 18.2 Å². The molecule has 0 saturated carbocycles. The molecular formula is C17H20N2O2. The molecular weight excluding hydrogens is 264 g/mol. The van der Waals surface area contributed by atoms with Crippen LogP contribution < -0.4 is 5.32 Å². The van der Waals surface area contributed by atoms with Gasteiger partial charge in [0.25, 0.3) is 0 Å². The summed E-state index contributed by atoms with van der Waals surface area (Å²) >= 11 is 0. The number of hydrogen-bond donors (Lipinski definition) is 2. The first kappa shape index (κ1) is 12.9. The number of esters is 1. The van der Waals surface area contributed by atoms with Crippen molar-refractivity contribution in [2.45, 2.75) is 37.6 Å². The van der Waals surface area contributed by atoms with Gasteiger partial charge in [-0.2, -0.15) is 0 Å². The summed E-state index contributed by atoms with van der Waals surface area (Å²) in [6.07, 6.45) is 4.79. The molecule has 1 aliphatic heterocycles. The minimum atomic E-state index is -0.298. The van der Waals surface area contributed by atoms with Gasteiger partial charge in [-0.25, -0.2) is 4.79 Å². The number of carbonyl (C=O) groups excluding carboxylic acids is 1. The molecule has 2 aromatic rings. The van der Waals surface area contributed by atoms with E-state index < -0.39 is 0 Å². The summed E-state index contributed by atoms with van der Waals surface area (Å²) in [7, 11) is 1.42. The van der Waals surface area contributed by atoms with E-state index in [1.807, 2.05) is 6.07 Å². The zero-order chi connectivity index (χ0) is 14.4. The fourth-order valence-electron chi connectivity index (χ4n) is 4.06. The summed E-state index contributed by atoms with van der Waals surface area (Å²) < 4.78 is 4.82. The molecule has 2 aliphatic rings. The van der Waals surface area contributed by atoms with E-state index in [9.17, 15) is 4.79 Å². The van der Waals surface area contributed by atoms with Crippen molar-refractivity contribution >= 4 is 16.9 Å². The second kappa shape index (κ2) is 4.88. The van der Waals surface area contributed by atoms with Gasteiger partial charge in [0.2, 0.25) is 0 Å². The number of ether oxygens (including phenoxy) is 1. The second-order valence-corrected chi connectivity index (χ2v) is 6.12. The average Bonchev–Trinajstić information content (AvgIpc) is 2.98. The van der Waals surface area contributed by atoms with E-state index >= 15 is 0 Å². The molecule has 1 fully saturated rings. The van der Waals surface area contributed by atoms with Crippen LogP contribution in [-0.4, -0.2) is 30.6 Å². The number of methoxy groups -OCH3 is 1. The molecule has 4 heteroatoms. The summed E-state index contributed by atoms with van der Waals surface area (Å²) in [4.78, 5) is 14.9. The number of rotatable bonds is 1. The maximum atomic E-state index is 11.7. The molecule has 0 amide bonds. The van der Waals surface area contributed by atoms with Gasteiger partial charge >= 0.3 is 5.97 Å². The van der Waals surface area contributed by atoms with Crippen molar-refractivity contribution in [2.75, 3.05) is 13.7 Å². The average molecular weight is 284 g/mol. The van der Waals surface area contributed by atoms with Crippen LogP contribution in [0.25, 0.3) is 10.9 Å². The van der Waals surface area contributed by atoms with Crippen molar-refractivity contribution in [1.82, 2.24) is 10.3 Å². The maximum absolute atomic E-state index is 11.7. The standard InChI is InChI=1S/C17H20N2O2/c1-21-17(20)16-9-13-11-4-6-14-12(3-2-8-18-14)10(11)5-7-15(13)19-16/h5,7,9,12,14,18-19H,2-4,6,8H2,1H3/t12-,14-/m0/s1. The Labute approximate surface area is 123 Å². The molecule has 1 aromatic heterocycles. The van der Waals surface area contributed by atoms with Gasteiger partial charge in [0.1, 0.15) is 5.69 Å². The predicted molar refractivity (Wildman–Crippen MR) is 81.7 cm³/mol. The quantitative estimate of drug-likeness (QED) is 0.792. The lowest BCUT2D eigenvalue weighted by atomic mass is 9.74. The van der Waals surface area contributed by atoms with Crippen molar-refractivity contribution < 1.29 is 9.53 Å². The van der Waals surface area contributed by atoms with Crippen LogP contribution in [0.5, 0.6) is 0 Å². The first-order valence-electron chi connectivity index (χ1n) is 7.74. The minimum absolute atomic E-state index is 0.298. The minimum Gasteiger partial charge on any atom is -0.464 e. The number of fused-ring (bicyclic) bond motifs is 5. The van der Waals surface area contributed by atoms with Crippen LogP contribution >= 0.6 is 0 Å². The Morgan fingerprint density at radius 1 is 1.33 bits per heavy atom. The Kier molecular flexibility index (Phi) is 3.00. The van der Waals surface area contributed by atoms with E-state index in [2.05, 4.69) is 22.4 Å². The third kappa shape index (κ3) is 1.97. The highest BCUT2D eigenvalue weighted by atomic mass is 16.5. The van der Waals surface area contributed by atoms with Crippen molar-refractivity contribution in [3.8, 4) is 0 Å². The van der Waals surface area contributed by atoms with Crippen LogP contribution in [-0.2, 0) is 11.2 Å². The number of piperidine rings is 1. The van der Waals surface area contributed by atoms with Gasteiger partial charge in [0.05, 0.1) is 7.11 Å². The number of aromatic nitrogens is 1. The molecule has 0 unspecified atom stereocenters. The zero-order valence-corrected chi connectivity index (χ0v) is 12.2. The Bertz CT molecular complexity index is 704. The number of H-pyrrole nitrogens is 1. The molecule has 2 heterocycles. The van der Waals surface area contributed by atoms with Crippen LogP contribution in [0.3, 0.4) is 0 Å². The number of benzene rings is 1. The predicted octanol–water partition coefficient (Wildman–Crippen LogP) is 2.74. The molecule has 0 spiro atoms. The highest BCUT2D eigenvalue weighted by molar-refractivity contribution is 5.96. The molecule has 2 atom stereocenters. The molecule has 4 rings (SSSR count). The number of aromatic amines is 1. The first-order chi connectivity index (χ1) is 10.3. The van der Waals surface area contributed by atoms with Gasteiger partial charge in [0, 0.05) is 16.9 Å². The third-order valence-corrected chi connectivity index (χ3v) is 5.05.